The molecule has 0 spiro atoms. The summed E-state index contributed by atoms with van der Waals surface area (Å²) in [7, 11) is 0. The van der Waals surface area contributed by atoms with Crippen molar-refractivity contribution in [3.8, 4) is 0 Å². The van der Waals surface area contributed by atoms with Crippen LogP contribution in [0.2, 0.25) is 0 Å². The topological polar surface area (TPSA) is 66.9 Å². The third kappa shape index (κ3) is 2.57. The Morgan fingerprint density at radius 3 is 2.95 bits per heavy atom. The summed E-state index contributed by atoms with van der Waals surface area (Å²) >= 11 is 1.54. The van der Waals surface area contributed by atoms with Crippen LogP contribution in [-0.2, 0) is 13.0 Å². The summed E-state index contributed by atoms with van der Waals surface area (Å²) < 4.78 is 0. The Hall–Kier alpha value is -1.79. The molecule has 3 rings (SSSR count). The fraction of sp³-hybridized carbons (Fsp3) is 0.357. The van der Waals surface area contributed by atoms with Gasteiger partial charge in [0.2, 0.25) is 0 Å². The van der Waals surface area contributed by atoms with E-state index in [4.69, 9.17) is 0 Å². The molecule has 2 aromatic rings. The van der Waals surface area contributed by atoms with Gasteiger partial charge in [0.25, 0.3) is 5.91 Å². The summed E-state index contributed by atoms with van der Waals surface area (Å²) in [6.45, 7) is 5.55. The molecule has 0 atom stereocenters. The predicted molar refractivity (Wildman–Crippen MR) is 79.2 cm³/mol. The van der Waals surface area contributed by atoms with E-state index in [-0.39, 0.29) is 5.91 Å². The van der Waals surface area contributed by atoms with Crippen molar-refractivity contribution < 1.29 is 4.79 Å². The van der Waals surface area contributed by atoms with E-state index in [1.165, 1.54) is 4.88 Å². The van der Waals surface area contributed by atoms with Crippen molar-refractivity contribution in [2.24, 2.45) is 0 Å². The molecule has 0 unspecified atom stereocenters. The molecule has 6 heteroatoms. The van der Waals surface area contributed by atoms with E-state index in [2.05, 4.69) is 20.6 Å². The van der Waals surface area contributed by atoms with Crippen molar-refractivity contribution in [2.75, 3.05) is 11.9 Å². The number of nitrogens with zero attached hydrogens (tertiary/aromatic N) is 2. The minimum absolute atomic E-state index is 0.144. The van der Waals surface area contributed by atoms with Gasteiger partial charge in [-0.3, -0.25) is 15.1 Å². The van der Waals surface area contributed by atoms with Crippen LogP contribution >= 0.6 is 11.3 Å². The number of nitrogens with one attached hydrogen (secondary N) is 2. The van der Waals surface area contributed by atoms with Crippen molar-refractivity contribution in [1.29, 1.82) is 0 Å². The number of carbonyl (C=O) groups excluding carboxylic acids is 1. The van der Waals surface area contributed by atoms with Gasteiger partial charge in [-0.1, -0.05) is 0 Å². The molecule has 5 nitrogen and oxygen atoms in total. The molecule has 1 aliphatic rings. The second kappa shape index (κ2) is 5.30. The highest BCUT2D eigenvalue weighted by molar-refractivity contribution is 7.15. The Balaban J connectivity index is 1.80. The third-order valence-electron chi connectivity index (χ3n) is 3.29. The fourth-order valence-electron chi connectivity index (χ4n) is 2.27. The lowest BCUT2D eigenvalue weighted by Crippen LogP contribution is -2.22. The summed E-state index contributed by atoms with van der Waals surface area (Å²) in [5.74, 6) is -0.144. The number of hydrogen-bond donors (Lipinski definition) is 2. The molecule has 2 aromatic heterocycles. The number of rotatable bonds is 2. The number of anilines is 1. The van der Waals surface area contributed by atoms with Crippen LogP contribution < -0.4 is 10.6 Å². The number of hydrogen-bond acceptors (Lipinski definition) is 5. The van der Waals surface area contributed by atoms with E-state index in [0.29, 0.717) is 10.7 Å². The van der Waals surface area contributed by atoms with E-state index in [1.54, 1.807) is 11.3 Å². The second-order valence-corrected chi connectivity index (χ2v) is 5.94. The SMILES string of the molecule is Cc1ccc(C(=O)Nc2nc3c(s2)CNCC3)c(C)n1. The number of aromatic nitrogens is 2. The quantitative estimate of drug-likeness (QED) is 0.887. The second-order valence-electron chi connectivity index (χ2n) is 4.86. The molecule has 2 N–H and O–H groups in total. The fourth-order valence-corrected chi connectivity index (χ4v) is 3.24. The van der Waals surface area contributed by atoms with Crippen LogP contribution in [0.4, 0.5) is 5.13 Å². The average molecular weight is 288 g/mol. The van der Waals surface area contributed by atoms with E-state index >= 15 is 0 Å². The van der Waals surface area contributed by atoms with Gasteiger partial charge in [0, 0.05) is 30.1 Å². The molecule has 104 valence electrons. The lowest BCUT2D eigenvalue weighted by molar-refractivity contribution is 0.102. The van der Waals surface area contributed by atoms with Crippen LogP contribution in [0, 0.1) is 13.8 Å². The van der Waals surface area contributed by atoms with Gasteiger partial charge in [-0.05, 0) is 26.0 Å². The normalized spacial score (nSPS) is 13.9. The van der Waals surface area contributed by atoms with Crippen molar-refractivity contribution >= 4 is 22.4 Å². The molecule has 0 fully saturated rings. The lowest BCUT2D eigenvalue weighted by Gasteiger charge is -2.09. The molecule has 0 saturated heterocycles. The lowest BCUT2D eigenvalue weighted by atomic mass is 10.2. The minimum Gasteiger partial charge on any atom is -0.311 e. The van der Waals surface area contributed by atoms with Gasteiger partial charge < -0.3 is 5.32 Å². The molecule has 0 radical (unpaired) electrons. The van der Waals surface area contributed by atoms with Crippen molar-refractivity contribution in [3.63, 3.8) is 0 Å². The van der Waals surface area contributed by atoms with Gasteiger partial charge in [-0.25, -0.2) is 4.98 Å². The van der Waals surface area contributed by atoms with Gasteiger partial charge in [0.15, 0.2) is 5.13 Å². The summed E-state index contributed by atoms with van der Waals surface area (Å²) in [5, 5.41) is 6.85. The zero-order valence-corrected chi connectivity index (χ0v) is 12.3. The molecular weight excluding hydrogens is 272 g/mol. The summed E-state index contributed by atoms with van der Waals surface area (Å²) in [4.78, 5) is 22.3. The van der Waals surface area contributed by atoms with Crippen LogP contribution in [0.3, 0.4) is 0 Å². The Bertz CT molecular complexity index is 642. The Labute approximate surface area is 121 Å². The molecule has 0 aromatic carbocycles. The first-order valence-corrected chi connectivity index (χ1v) is 7.40. The Morgan fingerprint density at radius 1 is 1.35 bits per heavy atom. The number of carbonyl (C=O) groups is 1. The molecule has 20 heavy (non-hydrogen) atoms. The molecule has 3 heterocycles. The number of fused-ring (bicyclic) bond motifs is 1. The van der Waals surface area contributed by atoms with Crippen LogP contribution in [0.25, 0.3) is 0 Å². The van der Waals surface area contributed by atoms with Crippen molar-refractivity contribution in [2.45, 2.75) is 26.8 Å². The molecule has 0 bridgehead atoms. The van der Waals surface area contributed by atoms with Gasteiger partial charge >= 0.3 is 0 Å². The number of pyridine rings is 1. The van der Waals surface area contributed by atoms with E-state index < -0.39 is 0 Å². The zero-order chi connectivity index (χ0) is 14.1. The summed E-state index contributed by atoms with van der Waals surface area (Å²) in [5.41, 5.74) is 3.35. The third-order valence-corrected chi connectivity index (χ3v) is 4.31. The van der Waals surface area contributed by atoms with Crippen LogP contribution in [0.15, 0.2) is 12.1 Å². The average Bonchev–Trinajstić information content (AvgIpc) is 2.80. The highest BCUT2D eigenvalue weighted by atomic mass is 32.1. The largest absolute Gasteiger partial charge is 0.311 e. The maximum atomic E-state index is 12.3. The molecular formula is C14H16N4OS. The highest BCUT2D eigenvalue weighted by Crippen LogP contribution is 2.25. The number of aryl methyl sites for hydroxylation is 2. The highest BCUT2D eigenvalue weighted by Gasteiger charge is 2.17. The minimum atomic E-state index is -0.144. The maximum absolute atomic E-state index is 12.3. The van der Waals surface area contributed by atoms with E-state index in [1.807, 2.05) is 26.0 Å². The molecule has 0 aliphatic carbocycles. The summed E-state index contributed by atoms with van der Waals surface area (Å²) in [6, 6.07) is 3.65. The van der Waals surface area contributed by atoms with E-state index in [9.17, 15) is 4.79 Å². The Morgan fingerprint density at radius 2 is 2.20 bits per heavy atom. The standard InChI is InChI=1S/C14H16N4OS/c1-8-3-4-10(9(2)16-8)13(19)18-14-17-11-5-6-15-7-12(11)20-14/h3-4,15H,5-7H2,1-2H3,(H,17,18,19). The predicted octanol–water partition coefficient (Wildman–Crippen LogP) is 2.05. The molecule has 1 aliphatic heterocycles. The van der Waals surface area contributed by atoms with Crippen molar-refractivity contribution in [1.82, 2.24) is 15.3 Å². The first-order chi connectivity index (χ1) is 9.63. The maximum Gasteiger partial charge on any atom is 0.259 e. The first-order valence-electron chi connectivity index (χ1n) is 6.58. The number of thiazole rings is 1. The number of amides is 1. The monoisotopic (exact) mass is 288 g/mol. The van der Waals surface area contributed by atoms with Crippen LogP contribution in [-0.4, -0.2) is 22.4 Å². The summed E-state index contributed by atoms with van der Waals surface area (Å²) in [6.07, 6.45) is 0.923. The van der Waals surface area contributed by atoms with Gasteiger partial charge in [-0.15, -0.1) is 11.3 Å². The van der Waals surface area contributed by atoms with Crippen molar-refractivity contribution in [3.05, 3.63) is 39.7 Å². The van der Waals surface area contributed by atoms with Gasteiger partial charge in [0.05, 0.1) is 17.0 Å². The van der Waals surface area contributed by atoms with E-state index in [0.717, 1.165) is 36.6 Å². The zero-order valence-electron chi connectivity index (χ0n) is 11.5. The first kappa shape index (κ1) is 13.2. The van der Waals surface area contributed by atoms with Gasteiger partial charge in [-0.2, -0.15) is 0 Å². The Kier molecular flexibility index (Phi) is 3.50. The molecule has 0 saturated carbocycles. The van der Waals surface area contributed by atoms with Crippen LogP contribution in [0.5, 0.6) is 0 Å². The van der Waals surface area contributed by atoms with Crippen LogP contribution in [0.1, 0.15) is 32.3 Å². The van der Waals surface area contributed by atoms with Gasteiger partial charge in [0.1, 0.15) is 0 Å². The smallest absolute Gasteiger partial charge is 0.259 e. The molecule has 1 amide bonds.